The van der Waals surface area contributed by atoms with Gasteiger partial charge in [-0.25, -0.2) is 4.39 Å². The van der Waals surface area contributed by atoms with E-state index in [1.807, 2.05) is 19.9 Å². The van der Waals surface area contributed by atoms with Crippen LogP contribution in [0.1, 0.15) is 18.4 Å². The predicted octanol–water partition coefficient (Wildman–Crippen LogP) is 2.28. The number of benzene rings is 1. The fourth-order valence-electron chi connectivity index (χ4n) is 3.21. The van der Waals surface area contributed by atoms with E-state index in [-0.39, 0.29) is 17.7 Å². The highest BCUT2D eigenvalue weighted by Gasteiger charge is 2.21. The lowest BCUT2D eigenvalue weighted by Gasteiger charge is -2.36. The van der Waals surface area contributed by atoms with Gasteiger partial charge in [0.25, 0.3) is 0 Å². The summed E-state index contributed by atoms with van der Waals surface area (Å²) < 4.78 is 24.5. The van der Waals surface area contributed by atoms with E-state index in [0.717, 1.165) is 50.1 Å². The van der Waals surface area contributed by atoms with E-state index in [1.54, 1.807) is 25.2 Å². The molecule has 1 aliphatic heterocycles. The lowest BCUT2D eigenvalue weighted by Crippen LogP contribution is -2.53. The topological polar surface area (TPSA) is 66.1 Å². The Balaban J connectivity index is 1.43. The van der Waals surface area contributed by atoms with E-state index in [9.17, 15) is 4.39 Å². The van der Waals surface area contributed by atoms with Gasteiger partial charge in [0.2, 0.25) is 0 Å². The Bertz CT molecular complexity index is 786. The molecule has 0 saturated carbocycles. The van der Waals surface area contributed by atoms with Crippen LogP contribution in [0.3, 0.4) is 0 Å². The van der Waals surface area contributed by atoms with Crippen molar-refractivity contribution in [3.8, 4) is 5.75 Å². The number of halogens is 1. The molecule has 1 N–H and O–H groups in total. The first-order valence-electron chi connectivity index (χ1n) is 9.56. The molecule has 2 aromatic rings. The van der Waals surface area contributed by atoms with Crippen LogP contribution < -0.4 is 10.1 Å². The van der Waals surface area contributed by atoms with Crippen LogP contribution in [0.25, 0.3) is 0 Å². The summed E-state index contributed by atoms with van der Waals surface area (Å²) in [6.45, 7) is 8.75. The van der Waals surface area contributed by atoms with Crippen LogP contribution in [0.2, 0.25) is 0 Å². The zero-order valence-corrected chi connectivity index (χ0v) is 16.7. The fourth-order valence-corrected chi connectivity index (χ4v) is 3.21. The second-order valence-corrected chi connectivity index (χ2v) is 6.98. The van der Waals surface area contributed by atoms with Crippen LogP contribution in [0.15, 0.2) is 39.8 Å². The number of aryl methyl sites for hydroxylation is 1. The third kappa shape index (κ3) is 5.45. The van der Waals surface area contributed by atoms with Gasteiger partial charge in [0, 0.05) is 45.8 Å². The first kappa shape index (κ1) is 20.1. The summed E-state index contributed by atoms with van der Waals surface area (Å²) in [6, 6.07) is 8.42. The summed E-state index contributed by atoms with van der Waals surface area (Å²) in [4.78, 5) is 8.95. The molecule has 1 fully saturated rings. The van der Waals surface area contributed by atoms with Gasteiger partial charge in [0.1, 0.15) is 11.9 Å². The maximum atomic E-state index is 13.7. The maximum absolute atomic E-state index is 13.7. The Kier molecular flexibility index (Phi) is 6.86. The van der Waals surface area contributed by atoms with Crippen LogP contribution in [0.5, 0.6) is 5.75 Å². The highest BCUT2D eigenvalue weighted by atomic mass is 19.1. The van der Waals surface area contributed by atoms with Crippen LogP contribution >= 0.6 is 0 Å². The van der Waals surface area contributed by atoms with Crippen LogP contribution in [-0.4, -0.2) is 66.8 Å². The van der Waals surface area contributed by atoms with E-state index in [0.29, 0.717) is 6.54 Å². The number of nitrogens with zero attached hydrogens (tertiary/aromatic N) is 4. The molecule has 28 heavy (non-hydrogen) atoms. The van der Waals surface area contributed by atoms with Gasteiger partial charge < -0.3 is 19.5 Å². The van der Waals surface area contributed by atoms with Crippen molar-refractivity contribution in [2.24, 2.45) is 4.99 Å². The quantitative estimate of drug-likeness (QED) is 0.604. The van der Waals surface area contributed by atoms with Gasteiger partial charge in [0.05, 0.1) is 12.2 Å². The van der Waals surface area contributed by atoms with E-state index in [1.165, 1.54) is 6.07 Å². The number of nitrogens with one attached hydrogen (secondary N) is 1. The summed E-state index contributed by atoms with van der Waals surface area (Å²) in [6.07, 6.45) is -0.189. The molecule has 0 spiro atoms. The molecule has 152 valence electrons. The largest absolute Gasteiger partial charge is 0.486 e. The monoisotopic (exact) mass is 389 g/mol. The fraction of sp³-hybridized carbons (Fsp3) is 0.500. The van der Waals surface area contributed by atoms with Crippen molar-refractivity contribution in [3.63, 3.8) is 0 Å². The number of rotatable bonds is 6. The van der Waals surface area contributed by atoms with Crippen molar-refractivity contribution in [1.29, 1.82) is 0 Å². The molecule has 8 heteroatoms. The number of hydrogen-bond donors (Lipinski definition) is 1. The Morgan fingerprint density at radius 1 is 1.32 bits per heavy atom. The molecule has 2 heterocycles. The van der Waals surface area contributed by atoms with Gasteiger partial charge in [-0.3, -0.25) is 9.89 Å². The predicted molar refractivity (Wildman–Crippen MR) is 106 cm³/mol. The van der Waals surface area contributed by atoms with Crippen molar-refractivity contribution in [2.75, 3.05) is 39.8 Å². The average Bonchev–Trinajstić information content (AvgIpc) is 3.10. The minimum absolute atomic E-state index is 0.189. The van der Waals surface area contributed by atoms with Crippen molar-refractivity contribution in [1.82, 2.24) is 20.3 Å². The van der Waals surface area contributed by atoms with Crippen molar-refractivity contribution < 1.29 is 13.7 Å². The van der Waals surface area contributed by atoms with E-state index < -0.39 is 0 Å². The lowest BCUT2D eigenvalue weighted by molar-refractivity contribution is 0.166. The smallest absolute Gasteiger partial charge is 0.193 e. The minimum atomic E-state index is -0.350. The second-order valence-electron chi connectivity index (χ2n) is 6.98. The highest BCUT2D eigenvalue weighted by molar-refractivity contribution is 5.80. The summed E-state index contributed by atoms with van der Waals surface area (Å²) >= 11 is 0. The van der Waals surface area contributed by atoms with Crippen LogP contribution in [-0.2, 0) is 6.54 Å². The van der Waals surface area contributed by atoms with E-state index in [2.05, 4.69) is 25.3 Å². The number of aliphatic imine (C=N–C) groups is 1. The molecule has 1 saturated heterocycles. The van der Waals surface area contributed by atoms with Crippen molar-refractivity contribution in [3.05, 3.63) is 47.6 Å². The van der Waals surface area contributed by atoms with Gasteiger partial charge in [-0.15, -0.1) is 0 Å². The second kappa shape index (κ2) is 9.54. The minimum Gasteiger partial charge on any atom is -0.486 e. The number of piperazine rings is 1. The molecule has 3 rings (SSSR count). The number of ether oxygens (including phenoxy) is 1. The number of hydrogen-bond acceptors (Lipinski definition) is 5. The molecule has 0 bridgehead atoms. The molecule has 1 aromatic carbocycles. The Hall–Kier alpha value is -2.61. The van der Waals surface area contributed by atoms with E-state index in [4.69, 9.17) is 9.26 Å². The van der Waals surface area contributed by atoms with Gasteiger partial charge in [-0.05, 0) is 26.0 Å². The van der Waals surface area contributed by atoms with E-state index >= 15 is 0 Å². The standard InChI is InChI=1S/C20H28FN5O2/c1-15-12-17(24-28-15)14-25-8-10-26(11-9-25)20(22-3)23-13-16(2)27-19-7-5-4-6-18(19)21/h4-7,12,16H,8-11,13-14H2,1-3H3,(H,22,23). The molecule has 1 aromatic heterocycles. The summed E-state index contributed by atoms with van der Waals surface area (Å²) in [5, 5.41) is 7.39. The first-order valence-corrected chi connectivity index (χ1v) is 9.56. The van der Waals surface area contributed by atoms with Crippen LogP contribution in [0.4, 0.5) is 4.39 Å². The maximum Gasteiger partial charge on any atom is 0.193 e. The molecule has 0 radical (unpaired) electrons. The molecule has 1 atom stereocenters. The SMILES string of the molecule is CN=C(NCC(C)Oc1ccccc1F)N1CCN(Cc2cc(C)on2)CC1. The number of aromatic nitrogens is 1. The normalized spacial score (nSPS) is 16.9. The Labute approximate surface area is 165 Å². The lowest BCUT2D eigenvalue weighted by atomic mass is 10.3. The summed E-state index contributed by atoms with van der Waals surface area (Å²) in [5.74, 6) is 1.59. The molecule has 0 amide bonds. The summed E-state index contributed by atoms with van der Waals surface area (Å²) in [5.41, 5.74) is 0.965. The van der Waals surface area contributed by atoms with Crippen molar-refractivity contribution in [2.45, 2.75) is 26.5 Å². The summed E-state index contributed by atoms with van der Waals surface area (Å²) in [7, 11) is 1.77. The van der Waals surface area contributed by atoms with Gasteiger partial charge in [-0.1, -0.05) is 17.3 Å². The Morgan fingerprint density at radius 3 is 2.71 bits per heavy atom. The molecular weight excluding hydrogens is 361 g/mol. The van der Waals surface area contributed by atoms with Crippen molar-refractivity contribution >= 4 is 5.96 Å². The highest BCUT2D eigenvalue weighted by Crippen LogP contribution is 2.16. The number of para-hydroxylation sites is 1. The molecule has 1 aliphatic rings. The molecular formula is C20H28FN5O2. The average molecular weight is 389 g/mol. The van der Waals surface area contributed by atoms with Gasteiger partial charge in [0.15, 0.2) is 17.5 Å². The zero-order valence-electron chi connectivity index (χ0n) is 16.7. The Morgan fingerprint density at radius 2 is 2.07 bits per heavy atom. The first-order chi connectivity index (χ1) is 13.5. The van der Waals surface area contributed by atoms with Gasteiger partial charge in [-0.2, -0.15) is 0 Å². The van der Waals surface area contributed by atoms with Gasteiger partial charge >= 0.3 is 0 Å². The third-order valence-electron chi connectivity index (χ3n) is 4.66. The van der Waals surface area contributed by atoms with Crippen LogP contribution in [0, 0.1) is 12.7 Å². The molecule has 1 unspecified atom stereocenters. The molecule has 0 aliphatic carbocycles. The zero-order chi connectivity index (χ0) is 19.9. The number of guanidine groups is 1. The third-order valence-corrected chi connectivity index (χ3v) is 4.66. The molecule has 7 nitrogen and oxygen atoms in total.